The van der Waals surface area contributed by atoms with Crippen LogP contribution in [-0.2, 0) is 0 Å². The van der Waals surface area contributed by atoms with Gasteiger partial charge in [-0.1, -0.05) is 6.92 Å². The quantitative estimate of drug-likeness (QED) is 0.629. The van der Waals surface area contributed by atoms with Crippen LogP contribution in [0.4, 0.5) is 5.69 Å². The molecule has 0 aliphatic carbocycles. The van der Waals surface area contributed by atoms with Gasteiger partial charge in [-0.15, -0.1) is 0 Å². The molecular formula is C23H29N3O2. The van der Waals surface area contributed by atoms with Gasteiger partial charge in [0.05, 0.1) is 13.3 Å². The summed E-state index contributed by atoms with van der Waals surface area (Å²) >= 11 is 0. The lowest BCUT2D eigenvalue weighted by Gasteiger charge is -2.45. The van der Waals surface area contributed by atoms with Crippen molar-refractivity contribution in [2.24, 2.45) is 5.10 Å². The number of aryl methyl sites for hydroxylation is 1. The van der Waals surface area contributed by atoms with Gasteiger partial charge in [0.1, 0.15) is 5.75 Å². The van der Waals surface area contributed by atoms with Crippen LogP contribution in [0.2, 0.25) is 0 Å². The Kier molecular flexibility index (Phi) is 5.45. The number of methoxy groups -OCH3 is 1. The maximum absolute atomic E-state index is 12.2. The first-order valence-corrected chi connectivity index (χ1v) is 9.59. The molecule has 0 aromatic heterocycles. The summed E-state index contributed by atoms with van der Waals surface area (Å²) < 4.78 is 5.11. The standard InChI is InChI=1S/C23H29N3O2/c1-15-11-21-20(16(2)13-23(3,4)26(21)5)12-18(15)14-24-25-22(27)17-7-9-19(28-6)10-8-17/h7-12,14,16H,13H2,1-6H3,(H,25,27)/b24-14-. The van der Waals surface area contributed by atoms with E-state index in [1.165, 1.54) is 11.3 Å². The number of carbonyl (C=O) groups excluding carboxylic acids is 1. The van der Waals surface area contributed by atoms with Gasteiger partial charge in [0.25, 0.3) is 5.91 Å². The number of rotatable bonds is 4. The number of nitrogens with zero attached hydrogens (tertiary/aromatic N) is 2. The lowest BCUT2D eigenvalue weighted by atomic mass is 9.79. The highest BCUT2D eigenvalue weighted by atomic mass is 16.5. The number of nitrogens with one attached hydrogen (secondary N) is 1. The van der Waals surface area contributed by atoms with E-state index in [2.05, 4.69) is 62.3 Å². The minimum atomic E-state index is -0.246. The first-order chi connectivity index (χ1) is 13.2. The van der Waals surface area contributed by atoms with Crippen LogP contribution in [0.5, 0.6) is 5.75 Å². The fourth-order valence-corrected chi connectivity index (χ4v) is 3.84. The summed E-state index contributed by atoms with van der Waals surface area (Å²) in [6.45, 7) is 8.92. The van der Waals surface area contributed by atoms with Crippen molar-refractivity contribution >= 4 is 17.8 Å². The molecule has 1 amide bonds. The fourth-order valence-electron chi connectivity index (χ4n) is 3.84. The number of fused-ring (bicyclic) bond motifs is 1. The highest BCUT2D eigenvalue weighted by Crippen LogP contribution is 2.43. The summed E-state index contributed by atoms with van der Waals surface area (Å²) in [5, 5.41) is 4.17. The predicted molar refractivity (Wildman–Crippen MR) is 115 cm³/mol. The Hall–Kier alpha value is -2.82. The van der Waals surface area contributed by atoms with Gasteiger partial charge in [-0.2, -0.15) is 5.10 Å². The Labute approximate surface area is 167 Å². The van der Waals surface area contributed by atoms with Crippen molar-refractivity contribution < 1.29 is 9.53 Å². The van der Waals surface area contributed by atoms with Crippen molar-refractivity contribution in [3.63, 3.8) is 0 Å². The molecule has 148 valence electrons. The molecule has 5 heteroatoms. The molecule has 5 nitrogen and oxygen atoms in total. The van der Waals surface area contributed by atoms with E-state index < -0.39 is 0 Å². The molecule has 1 aliphatic heterocycles. The lowest BCUT2D eigenvalue weighted by Crippen LogP contribution is -2.45. The third kappa shape index (κ3) is 3.88. The highest BCUT2D eigenvalue weighted by molar-refractivity contribution is 5.95. The van der Waals surface area contributed by atoms with Crippen molar-refractivity contribution in [3.8, 4) is 5.75 Å². The van der Waals surface area contributed by atoms with Crippen molar-refractivity contribution in [2.75, 3.05) is 19.1 Å². The van der Waals surface area contributed by atoms with Crippen LogP contribution >= 0.6 is 0 Å². The van der Waals surface area contributed by atoms with Gasteiger partial charge < -0.3 is 9.64 Å². The molecule has 0 bridgehead atoms. The Morgan fingerprint density at radius 1 is 1.29 bits per heavy atom. The van der Waals surface area contributed by atoms with Gasteiger partial charge in [0.2, 0.25) is 0 Å². The Bertz CT molecular complexity index is 901. The Morgan fingerprint density at radius 3 is 2.61 bits per heavy atom. The average molecular weight is 380 g/mol. The van der Waals surface area contributed by atoms with Crippen LogP contribution in [0, 0.1) is 6.92 Å². The second kappa shape index (κ2) is 7.66. The zero-order valence-corrected chi connectivity index (χ0v) is 17.5. The van der Waals surface area contributed by atoms with E-state index in [0.29, 0.717) is 17.2 Å². The summed E-state index contributed by atoms with van der Waals surface area (Å²) in [6.07, 6.45) is 2.83. The second-order valence-electron chi connectivity index (χ2n) is 8.17. The monoisotopic (exact) mass is 379 g/mol. The molecule has 0 spiro atoms. The van der Waals surface area contributed by atoms with E-state index in [1.807, 2.05) is 0 Å². The van der Waals surface area contributed by atoms with Crippen LogP contribution in [0.3, 0.4) is 0 Å². The first kappa shape index (κ1) is 19.9. The maximum Gasteiger partial charge on any atom is 0.271 e. The number of hydrogen-bond acceptors (Lipinski definition) is 4. The SMILES string of the molecule is COc1ccc(C(=O)N/N=C\c2cc3c(cc2C)N(C)C(C)(C)CC3C)cc1. The van der Waals surface area contributed by atoms with Crippen LogP contribution in [-0.4, -0.2) is 31.8 Å². The molecular weight excluding hydrogens is 350 g/mol. The Balaban J connectivity index is 1.77. The summed E-state index contributed by atoms with van der Waals surface area (Å²) in [5.41, 5.74) is 8.05. The number of amides is 1. The van der Waals surface area contributed by atoms with Gasteiger partial charge in [-0.05, 0) is 86.2 Å². The molecule has 0 saturated heterocycles. The van der Waals surface area contributed by atoms with E-state index >= 15 is 0 Å². The summed E-state index contributed by atoms with van der Waals surface area (Å²) in [4.78, 5) is 14.6. The number of hydrazone groups is 1. The largest absolute Gasteiger partial charge is 0.497 e. The summed E-state index contributed by atoms with van der Waals surface area (Å²) in [6, 6.07) is 11.4. The van der Waals surface area contributed by atoms with Crippen LogP contribution < -0.4 is 15.1 Å². The molecule has 0 saturated carbocycles. The smallest absolute Gasteiger partial charge is 0.271 e. The van der Waals surface area contributed by atoms with Crippen molar-refractivity contribution in [2.45, 2.75) is 45.6 Å². The zero-order valence-electron chi connectivity index (χ0n) is 17.5. The topological polar surface area (TPSA) is 53.9 Å². The molecule has 28 heavy (non-hydrogen) atoms. The van der Waals surface area contributed by atoms with Crippen LogP contribution in [0.25, 0.3) is 0 Å². The maximum atomic E-state index is 12.2. The van der Waals surface area contributed by atoms with E-state index in [-0.39, 0.29) is 11.4 Å². The third-order valence-electron chi connectivity index (χ3n) is 5.74. The fraction of sp³-hybridized carbons (Fsp3) is 0.391. The molecule has 1 aliphatic rings. The van der Waals surface area contributed by atoms with Crippen LogP contribution in [0.1, 0.15) is 60.2 Å². The number of anilines is 1. The highest BCUT2D eigenvalue weighted by Gasteiger charge is 2.34. The minimum absolute atomic E-state index is 0.140. The molecule has 1 N–H and O–H groups in total. The number of hydrogen-bond donors (Lipinski definition) is 1. The molecule has 3 rings (SSSR count). The second-order valence-corrected chi connectivity index (χ2v) is 8.17. The molecule has 0 fully saturated rings. The van der Waals surface area contributed by atoms with E-state index in [4.69, 9.17) is 4.74 Å². The van der Waals surface area contributed by atoms with E-state index in [1.54, 1.807) is 37.6 Å². The van der Waals surface area contributed by atoms with Gasteiger partial charge >= 0.3 is 0 Å². The normalized spacial score (nSPS) is 18.1. The van der Waals surface area contributed by atoms with E-state index in [9.17, 15) is 4.79 Å². The van der Waals surface area contributed by atoms with Gasteiger partial charge in [-0.25, -0.2) is 5.43 Å². The molecule has 2 aromatic carbocycles. The summed E-state index contributed by atoms with van der Waals surface area (Å²) in [5.74, 6) is 0.944. The van der Waals surface area contributed by atoms with Crippen molar-refractivity contribution in [3.05, 3.63) is 58.7 Å². The molecule has 1 unspecified atom stereocenters. The number of benzene rings is 2. The van der Waals surface area contributed by atoms with Crippen molar-refractivity contribution in [1.29, 1.82) is 0 Å². The number of ether oxygens (including phenoxy) is 1. The number of carbonyl (C=O) groups is 1. The molecule has 2 aromatic rings. The average Bonchev–Trinajstić information content (AvgIpc) is 2.66. The van der Waals surface area contributed by atoms with Gasteiger partial charge in [-0.3, -0.25) is 4.79 Å². The molecule has 1 atom stereocenters. The van der Waals surface area contributed by atoms with Gasteiger partial charge in [0, 0.05) is 23.8 Å². The van der Waals surface area contributed by atoms with Crippen LogP contribution in [0.15, 0.2) is 41.5 Å². The molecule has 1 heterocycles. The lowest BCUT2D eigenvalue weighted by molar-refractivity contribution is 0.0955. The van der Waals surface area contributed by atoms with E-state index in [0.717, 1.165) is 17.5 Å². The minimum Gasteiger partial charge on any atom is -0.497 e. The first-order valence-electron chi connectivity index (χ1n) is 9.59. The zero-order chi connectivity index (χ0) is 20.5. The predicted octanol–water partition coefficient (Wildman–Crippen LogP) is 4.49. The molecule has 0 radical (unpaired) electrons. The van der Waals surface area contributed by atoms with Crippen molar-refractivity contribution in [1.82, 2.24) is 5.43 Å². The Morgan fingerprint density at radius 2 is 1.96 bits per heavy atom. The summed E-state index contributed by atoms with van der Waals surface area (Å²) in [7, 11) is 3.76. The third-order valence-corrected chi connectivity index (χ3v) is 5.74. The van der Waals surface area contributed by atoms with Gasteiger partial charge in [0.15, 0.2) is 0 Å².